The van der Waals surface area contributed by atoms with Crippen LogP contribution in [0.5, 0.6) is 0 Å². The second-order valence-electron chi connectivity index (χ2n) is 3.51. The van der Waals surface area contributed by atoms with Crippen molar-refractivity contribution < 1.29 is 4.39 Å². The molecule has 2 rings (SSSR count). The van der Waals surface area contributed by atoms with Crippen molar-refractivity contribution in [1.29, 1.82) is 5.26 Å². The fourth-order valence-electron chi connectivity index (χ4n) is 1.56. The van der Waals surface area contributed by atoms with Gasteiger partial charge in [-0.2, -0.15) is 5.26 Å². The van der Waals surface area contributed by atoms with Crippen LogP contribution in [0.4, 0.5) is 10.1 Å². The summed E-state index contributed by atoms with van der Waals surface area (Å²) in [6.07, 6.45) is 0. The van der Waals surface area contributed by atoms with Gasteiger partial charge in [-0.25, -0.2) is 4.39 Å². The van der Waals surface area contributed by atoms with Crippen molar-refractivity contribution in [2.45, 2.75) is 6.92 Å². The van der Waals surface area contributed by atoms with E-state index < -0.39 is 5.82 Å². The Bertz CT molecular complexity index is 608. The van der Waals surface area contributed by atoms with Gasteiger partial charge in [-0.3, -0.25) is 0 Å². The van der Waals surface area contributed by atoms with Gasteiger partial charge in [-0.15, -0.1) is 11.3 Å². The molecule has 1 aromatic carbocycles. The number of halogens is 2. The zero-order valence-corrected chi connectivity index (χ0v) is 10.5. The standard InChI is InChI=1S/C12H8ClFN2S/c1-6-11(16)9(5-15)17-12(6)10-7(13)3-2-4-8(10)14/h2-4H,16H2,1H3. The monoisotopic (exact) mass is 266 g/mol. The molecule has 1 aromatic heterocycles. The first kappa shape index (κ1) is 11.9. The Hall–Kier alpha value is -1.57. The van der Waals surface area contributed by atoms with Crippen LogP contribution in [0, 0.1) is 24.1 Å². The van der Waals surface area contributed by atoms with Crippen molar-refractivity contribution in [3.8, 4) is 16.5 Å². The maximum absolute atomic E-state index is 13.8. The van der Waals surface area contributed by atoms with Crippen molar-refractivity contribution >= 4 is 28.6 Å². The van der Waals surface area contributed by atoms with Gasteiger partial charge in [0.1, 0.15) is 16.8 Å². The Labute approximate surface area is 107 Å². The van der Waals surface area contributed by atoms with Crippen LogP contribution >= 0.6 is 22.9 Å². The summed E-state index contributed by atoms with van der Waals surface area (Å²) in [5.74, 6) is -0.411. The molecule has 0 spiro atoms. The molecule has 0 aliphatic carbocycles. The van der Waals surface area contributed by atoms with E-state index >= 15 is 0 Å². The number of nitrogen functional groups attached to an aromatic ring is 1. The molecule has 0 amide bonds. The van der Waals surface area contributed by atoms with Crippen LogP contribution in [-0.2, 0) is 0 Å². The SMILES string of the molecule is Cc1c(-c2c(F)cccc2Cl)sc(C#N)c1N. The maximum Gasteiger partial charge on any atom is 0.133 e. The molecule has 0 fully saturated rings. The van der Waals surface area contributed by atoms with Gasteiger partial charge in [0.25, 0.3) is 0 Å². The van der Waals surface area contributed by atoms with Gasteiger partial charge >= 0.3 is 0 Å². The van der Waals surface area contributed by atoms with E-state index in [1.807, 2.05) is 6.07 Å². The molecular weight excluding hydrogens is 259 g/mol. The molecule has 5 heteroatoms. The van der Waals surface area contributed by atoms with E-state index in [9.17, 15) is 4.39 Å². The molecule has 2 nitrogen and oxygen atoms in total. The lowest BCUT2D eigenvalue weighted by atomic mass is 10.1. The van der Waals surface area contributed by atoms with E-state index in [1.165, 1.54) is 6.07 Å². The Balaban J connectivity index is 2.74. The Morgan fingerprint density at radius 1 is 1.47 bits per heavy atom. The van der Waals surface area contributed by atoms with E-state index in [-0.39, 0.29) is 0 Å². The minimum Gasteiger partial charge on any atom is -0.397 e. The topological polar surface area (TPSA) is 49.8 Å². The Morgan fingerprint density at radius 2 is 2.18 bits per heavy atom. The molecule has 86 valence electrons. The predicted octanol–water partition coefficient (Wildman–Crippen LogP) is 3.97. The molecule has 2 aromatic rings. The molecule has 0 unspecified atom stereocenters. The second kappa shape index (κ2) is 4.36. The molecule has 1 heterocycles. The minimum absolute atomic E-state index is 0.310. The van der Waals surface area contributed by atoms with E-state index in [2.05, 4.69) is 0 Å². The minimum atomic E-state index is -0.411. The average Bonchev–Trinajstić information content (AvgIpc) is 2.57. The van der Waals surface area contributed by atoms with Gasteiger partial charge in [0.2, 0.25) is 0 Å². The molecule has 17 heavy (non-hydrogen) atoms. The molecule has 0 atom stereocenters. The van der Waals surface area contributed by atoms with Crippen LogP contribution in [0.15, 0.2) is 18.2 Å². The number of thiophene rings is 1. The molecule has 0 aliphatic heterocycles. The molecular formula is C12H8ClFN2S. The Morgan fingerprint density at radius 3 is 2.71 bits per heavy atom. The van der Waals surface area contributed by atoms with Gasteiger partial charge in [-0.1, -0.05) is 17.7 Å². The van der Waals surface area contributed by atoms with E-state index in [0.717, 1.165) is 11.3 Å². The Kier molecular flexibility index (Phi) is 3.05. The van der Waals surface area contributed by atoms with Gasteiger partial charge < -0.3 is 5.73 Å². The van der Waals surface area contributed by atoms with Gasteiger partial charge in [0.15, 0.2) is 0 Å². The van der Waals surface area contributed by atoms with Crippen LogP contribution in [0.3, 0.4) is 0 Å². The lowest BCUT2D eigenvalue weighted by Crippen LogP contribution is -1.89. The number of hydrogen-bond donors (Lipinski definition) is 1. The summed E-state index contributed by atoms with van der Waals surface area (Å²) in [6.45, 7) is 1.75. The number of nitrogens with two attached hydrogens (primary N) is 1. The van der Waals surface area contributed by atoms with Crippen molar-refractivity contribution in [1.82, 2.24) is 0 Å². The third kappa shape index (κ3) is 1.88. The first-order valence-electron chi connectivity index (χ1n) is 4.79. The molecule has 0 saturated heterocycles. The van der Waals surface area contributed by atoms with Crippen molar-refractivity contribution in [3.63, 3.8) is 0 Å². The van der Waals surface area contributed by atoms with E-state index in [1.54, 1.807) is 19.1 Å². The highest BCUT2D eigenvalue weighted by molar-refractivity contribution is 7.16. The zero-order chi connectivity index (χ0) is 12.6. The number of rotatable bonds is 1. The molecule has 0 bridgehead atoms. The number of benzene rings is 1. The highest BCUT2D eigenvalue weighted by Gasteiger charge is 2.18. The first-order valence-corrected chi connectivity index (χ1v) is 5.99. The summed E-state index contributed by atoms with van der Waals surface area (Å²) in [6, 6.07) is 6.48. The van der Waals surface area contributed by atoms with Crippen LogP contribution < -0.4 is 5.73 Å². The number of nitrogens with zero attached hydrogens (tertiary/aromatic N) is 1. The number of hydrogen-bond acceptors (Lipinski definition) is 3. The summed E-state index contributed by atoms with van der Waals surface area (Å²) < 4.78 is 13.8. The van der Waals surface area contributed by atoms with Crippen LogP contribution in [0.25, 0.3) is 10.4 Å². The van der Waals surface area contributed by atoms with E-state index in [4.69, 9.17) is 22.6 Å². The van der Waals surface area contributed by atoms with E-state index in [0.29, 0.717) is 31.6 Å². The molecule has 0 radical (unpaired) electrons. The average molecular weight is 267 g/mol. The van der Waals surface area contributed by atoms with Crippen LogP contribution in [0.1, 0.15) is 10.4 Å². The highest BCUT2D eigenvalue weighted by atomic mass is 35.5. The summed E-state index contributed by atoms with van der Waals surface area (Å²) in [4.78, 5) is 0.999. The summed E-state index contributed by atoms with van der Waals surface area (Å²) >= 11 is 7.14. The molecule has 2 N–H and O–H groups in total. The number of anilines is 1. The van der Waals surface area contributed by atoms with Crippen molar-refractivity contribution in [2.24, 2.45) is 0 Å². The van der Waals surface area contributed by atoms with Crippen molar-refractivity contribution in [3.05, 3.63) is 39.5 Å². The number of nitriles is 1. The normalized spacial score (nSPS) is 10.2. The molecule has 0 aliphatic rings. The third-order valence-electron chi connectivity index (χ3n) is 2.48. The maximum atomic E-state index is 13.8. The first-order chi connectivity index (χ1) is 8.06. The summed E-state index contributed by atoms with van der Waals surface area (Å²) in [5, 5.41) is 9.21. The second-order valence-corrected chi connectivity index (χ2v) is 4.94. The quantitative estimate of drug-likeness (QED) is 0.849. The fraction of sp³-hybridized carbons (Fsp3) is 0.0833. The van der Waals surface area contributed by atoms with Crippen LogP contribution in [-0.4, -0.2) is 0 Å². The van der Waals surface area contributed by atoms with Gasteiger partial charge in [-0.05, 0) is 24.6 Å². The van der Waals surface area contributed by atoms with Crippen LogP contribution in [0.2, 0.25) is 5.02 Å². The highest BCUT2D eigenvalue weighted by Crippen LogP contribution is 2.41. The smallest absolute Gasteiger partial charge is 0.133 e. The lowest BCUT2D eigenvalue weighted by Gasteiger charge is -2.04. The molecule has 0 saturated carbocycles. The lowest BCUT2D eigenvalue weighted by molar-refractivity contribution is 0.631. The largest absolute Gasteiger partial charge is 0.397 e. The summed E-state index contributed by atoms with van der Waals surface area (Å²) in [7, 11) is 0. The van der Waals surface area contributed by atoms with Crippen molar-refractivity contribution in [2.75, 3.05) is 5.73 Å². The predicted molar refractivity (Wildman–Crippen MR) is 68.6 cm³/mol. The third-order valence-corrected chi connectivity index (χ3v) is 4.03. The summed E-state index contributed by atoms with van der Waals surface area (Å²) in [5.41, 5.74) is 7.17. The van der Waals surface area contributed by atoms with Gasteiger partial charge in [0.05, 0.1) is 10.7 Å². The fourth-order valence-corrected chi connectivity index (χ4v) is 2.96. The zero-order valence-electron chi connectivity index (χ0n) is 8.92. The van der Waals surface area contributed by atoms with Gasteiger partial charge in [0, 0.05) is 10.4 Å².